The minimum Gasteiger partial charge on any atom is -0.460 e. The Kier molecular flexibility index (Phi) is 5.16. The molecule has 0 aliphatic carbocycles. The van der Waals surface area contributed by atoms with Gasteiger partial charge in [-0.15, -0.1) is 0 Å². The van der Waals surface area contributed by atoms with Crippen molar-refractivity contribution in [3.63, 3.8) is 0 Å². The molecule has 0 aliphatic rings. The summed E-state index contributed by atoms with van der Waals surface area (Å²) in [5.74, 6) is 1.62. The van der Waals surface area contributed by atoms with E-state index in [1.54, 1.807) is 6.20 Å². The standard InChI is InChI=1S/C15H22N4O2/c1-4-7-16-15(20)11(3)17-8-12-9-18-19-14(12)13-6-5-10(2)21-13/h5-6,9,11,17H,4,7-8H2,1-3H3,(H,16,20)(H,18,19). The normalized spacial score (nSPS) is 12.3. The molecule has 1 amide bonds. The highest BCUT2D eigenvalue weighted by Crippen LogP contribution is 2.23. The zero-order valence-corrected chi connectivity index (χ0v) is 12.7. The lowest BCUT2D eigenvalue weighted by Crippen LogP contribution is -2.42. The Morgan fingerprint density at radius 3 is 2.95 bits per heavy atom. The Balaban J connectivity index is 1.95. The van der Waals surface area contributed by atoms with E-state index in [-0.39, 0.29) is 11.9 Å². The van der Waals surface area contributed by atoms with Gasteiger partial charge in [0.1, 0.15) is 11.5 Å². The third kappa shape index (κ3) is 3.95. The minimum absolute atomic E-state index is 0.00994. The van der Waals surface area contributed by atoms with Crippen LogP contribution in [-0.2, 0) is 11.3 Å². The maximum atomic E-state index is 11.8. The van der Waals surface area contributed by atoms with Crippen LogP contribution in [-0.4, -0.2) is 28.7 Å². The molecule has 0 aliphatic heterocycles. The molecule has 0 saturated carbocycles. The Bertz CT molecular complexity index is 588. The maximum absolute atomic E-state index is 11.8. The highest BCUT2D eigenvalue weighted by molar-refractivity contribution is 5.81. The lowest BCUT2D eigenvalue weighted by Gasteiger charge is -2.13. The summed E-state index contributed by atoms with van der Waals surface area (Å²) in [4.78, 5) is 11.8. The summed E-state index contributed by atoms with van der Waals surface area (Å²) in [6.07, 6.45) is 2.68. The highest BCUT2D eigenvalue weighted by atomic mass is 16.3. The molecule has 2 aromatic rings. The van der Waals surface area contributed by atoms with E-state index in [2.05, 4.69) is 20.8 Å². The van der Waals surface area contributed by atoms with Crippen molar-refractivity contribution in [2.45, 2.75) is 39.8 Å². The molecule has 21 heavy (non-hydrogen) atoms. The van der Waals surface area contributed by atoms with Crippen molar-refractivity contribution in [2.24, 2.45) is 0 Å². The van der Waals surface area contributed by atoms with Crippen LogP contribution in [0.15, 0.2) is 22.7 Å². The number of nitrogens with zero attached hydrogens (tertiary/aromatic N) is 1. The van der Waals surface area contributed by atoms with E-state index in [9.17, 15) is 4.79 Å². The molecular weight excluding hydrogens is 268 g/mol. The van der Waals surface area contributed by atoms with Gasteiger partial charge in [-0.2, -0.15) is 5.10 Å². The average molecular weight is 290 g/mol. The Morgan fingerprint density at radius 2 is 2.29 bits per heavy atom. The zero-order valence-electron chi connectivity index (χ0n) is 12.7. The SMILES string of the molecule is CCCNC(=O)C(C)NCc1cn[nH]c1-c1ccc(C)o1. The van der Waals surface area contributed by atoms with E-state index >= 15 is 0 Å². The predicted molar refractivity (Wildman–Crippen MR) is 80.6 cm³/mol. The smallest absolute Gasteiger partial charge is 0.236 e. The molecule has 0 fully saturated rings. The zero-order chi connectivity index (χ0) is 15.2. The molecule has 3 N–H and O–H groups in total. The lowest BCUT2D eigenvalue weighted by molar-refractivity contribution is -0.122. The fourth-order valence-electron chi connectivity index (χ4n) is 1.98. The molecule has 2 heterocycles. The number of aromatic nitrogens is 2. The van der Waals surface area contributed by atoms with Crippen LogP contribution in [0, 0.1) is 6.92 Å². The Labute approximate surface area is 124 Å². The molecule has 2 aromatic heterocycles. The molecule has 114 valence electrons. The summed E-state index contributed by atoms with van der Waals surface area (Å²) in [6.45, 7) is 7.03. The maximum Gasteiger partial charge on any atom is 0.236 e. The van der Waals surface area contributed by atoms with Gasteiger partial charge in [0.2, 0.25) is 5.91 Å². The molecule has 2 rings (SSSR count). The first kappa shape index (κ1) is 15.3. The predicted octanol–water partition coefficient (Wildman–Crippen LogP) is 1.98. The molecule has 0 bridgehead atoms. The average Bonchev–Trinajstić information content (AvgIpc) is 3.10. The van der Waals surface area contributed by atoms with Crippen molar-refractivity contribution in [2.75, 3.05) is 6.54 Å². The van der Waals surface area contributed by atoms with Gasteiger partial charge >= 0.3 is 0 Å². The number of aryl methyl sites for hydroxylation is 1. The Morgan fingerprint density at radius 1 is 1.48 bits per heavy atom. The van der Waals surface area contributed by atoms with E-state index in [1.807, 2.05) is 32.9 Å². The summed E-state index contributed by atoms with van der Waals surface area (Å²) in [5, 5.41) is 13.1. The molecule has 1 unspecified atom stereocenters. The van der Waals surface area contributed by atoms with Gasteiger partial charge in [-0.1, -0.05) is 6.92 Å². The van der Waals surface area contributed by atoms with Gasteiger partial charge in [0.15, 0.2) is 5.76 Å². The number of aromatic amines is 1. The number of hydrogen-bond acceptors (Lipinski definition) is 4. The molecular formula is C15H22N4O2. The molecule has 0 saturated heterocycles. The van der Waals surface area contributed by atoms with Crippen molar-refractivity contribution in [3.05, 3.63) is 29.7 Å². The highest BCUT2D eigenvalue weighted by Gasteiger charge is 2.15. The fraction of sp³-hybridized carbons (Fsp3) is 0.467. The van der Waals surface area contributed by atoms with E-state index < -0.39 is 0 Å². The van der Waals surface area contributed by atoms with Crippen LogP contribution in [0.4, 0.5) is 0 Å². The fourth-order valence-corrected chi connectivity index (χ4v) is 1.98. The van der Waals surface area contributed by atoms with Crippen LogP contribution in [0.25, 0.3) is 11.5 Å². The minimum atomic E-state index is -0.252. The van der Waals surface area contributed by atoms with E-state index in [4.69, 9.17) is 4.42 Å². The van der Waals surface area contributed by atoms with E-state index in [0.29, 0.717) is 13.1 Å². The second-order valence-corrected chi connectivity index (χ2v) is 5.07. The first-order valence-corrected chi connectivity index (χ1v) is 7.22. The van der Waals surface area contributed by atoms with Gasteiger partial charge in [-0.25, -0.2) is 0 Å². The molecule has 0 aromatic carbocycles. The Hall–Kier alpha value is -2.08. The van der Waals surface area contributed by atoms with Gasteiger partial charge in [0, 0.05) is 18.7 Å². The van der Waals surface area contributed by atoms with Crippen molar-refractivity contribution in [1.82, 2.24) is 20.8 Å². The van der Waals surface area contributed by atoms with Crippen LogP contribution in [0.1, 0.15) is 31.6 Å². The second-order valence-electron chi connectivity index (χ2n) is 5.07. The first-order valence-electron chi connectivity index (χ1n) is 7.22. The molecule has 0 radical (unpaired) electrons. The van der Waals surface area contributed by atoms with Crippen molar-refractivity contribution in [3.8, 4) is 11.5 Å². The summed E-state index contributed by atoms with van der Waals surface area (Å²) in [5.41, 5.74) is 1.82. The summed E-state index contributed by atoms with van der Waals surface area (Å²) < 4.78 is 5.60. The van der Waals surface area contributed by atoms with Gasteiger partial charge in [-0.05, 0) is 32.4 Å². The molecule has 6 nitrogen and oxygen atoms in total. The molecule has 1 atom stereocenters. The van der Waals surface area contributed by atoms with Crippen LogP contribution in [0.2, 0.25) is 0 Å². The third-order valence-electron chi connectivity index (χ3n) is 3.25. The number of nitrogens with one attached hydrogen (secondary N) is 3. The van der Waals surface area contributed by atoms with Gasteiger partial charge in [0.25, 0.3) is 0 Å². The number of furan rings is 1. The van der Waals surface area contributed by atoms with Crippen LogP contribution >= 0.6 is 0 Å². The number of hydrogen-bond donors (Lipinski definition) is 3. The van der Waals surface area contributed by atoms with E-state index in [0.717, 1.165) is 29.2 Å². The van der Waals surface area contributed by atoms with Crippen LogP contribution in [0.5, 0.6) is 0 Å². The summed E-state index contributed by atoms with van der Waals surface area (Å²) >= 11 is 0. The van der Waals surface area contributed by atoms with Crippen molar-refractivity contribution in [1.29, 1.82) is 0 Å². The number of amides is 1. The number of H-pyrrole nitrogens is 1. The number of rotatable bonds is 7. The summed E-state index contributed by atoms with van der Waals surface area (Å²) in [6, 6.07) is 3.57. The van der Waals surface area contributed by atoms with Crippen LogP contribution < -0.4 is 10.6 Å². The second kappa shape index (κ2) is 7.08. The first-order chi connectivity index (χ1) is 10.1. The number of carbonyl (C=O) groups is 1. The van der Waals surface area contributed by atoms with E-state index in [1.165, 1.54) is 0 Å². The third-order valence-corrected chi connectivity index (χ3v) is 3.25. The van der Waals surface area contributed by atoms with Crippen LogP contribution in [0.3, 0.4) is 0 Å². The quantitative estimate of drug-likeness (QED) is 0.728. The van der Waals surface area contributed by atoms with Gasteiger partial charge in [0.05, 0.1) is 12.2 Å². The summed E-state index contributed by atoms with van der Waals surface area (Å²) in [7, 11) is 0. The molecule has 0 spiro atoms. The van der Waals surface area contributed by atoms with Gasteiger partial charge < -0.3 is 15.1 Å². The lowest BCUT2D eigenvalue weighted by atomic mass is 10.2. The molecule has 6 heteroatoms. The van der Waals surface area contributed by atoms with Crippen molar-refractivity contribution < 1.29 is 9.21 Å². The van der Waals surface area contributed by atoms with Gasteiger partial charge in [-0.3, -0.25) is 9.89 Å². The number of carbonyl (C=O) groups excluding carboxylic acids is 1. The topological polar surface area (TPSA) is 83.0 Å². The monoisotopic (exact) mass is 290 g/mol. The van der Waals surface area contributed by atoms with Crippen molar-refractivity contribution >= 4 is 5.91 Å². The largest absolute Gasteiger partial charge is 0.460 e.